The first kappa shape index (κ1) is 16.9. The summed E-state index contributed by atoms with van der Waals surface area (Å²) in [6, 6.07) is 6.24. The molecule has 0 saturated heterocycles. The third-order valence-corrected chi connectivity index (χ3v) is 4.78. The van der Waals surface area contributed by atoms with E-state index in [4.69, 9.17) is 9.84 Å². The van der Waals surface area contributed by atoms with E-state index in [1.165, 1.54) is 16.4 Å². The molecule has 5 nitrogen and oxygen atoms in total. The van der Waals surface area contributed by atoms with Crippen LogP contribution in [0.4, 0.5) is 0 Å². The summed E-state index contributed by atoms with van der Waals surface area (Å²) in [7, 11) is -1.85. The van der Waals surface area contributed by atoms with Crippen molar-refractivity contribution in [1.29, 1.82) is 0 Å². The molecule has 0 amide bonds. The summed E-state index contributed by atoms with van der Waals surface area (Å²) in [5.41, 5.74) is 0. The molecule has 1 aromatic carbocycles. The van der Waals surface area contributed by atoms with Gasteiger partial charge in [0.25, 0.3) is 0 Å². The summed E-state index contributed by atoms with van der Waals surface area (Å²) in [6.45, 7) is 4.75. The number of aliphatic hydroxyl groups excluding tert-OH is 1. The van der Waals surface area contributed by atoms with Crippen molar-refractivity contribution >= 4 is 10.0 Å². The fourth-order valence-corrected chi connectivity index (χ4v) is 2.80. The second-order valence-electron chi connectivity index (χ2n) is 5.05. The molecule has 0 bridgehead atoms. The number of hydrogen-bond donors (Lipinski definition) is 1. The van der Waals surface area contributed by atoms with Crippen LogP contribution in [0.25, 0.3) is 0 Å². The molecule has 0 aliphatic rings. The molecule has 0 aliphatic heterocycles. The summed E-state index contributed by atoms with van der Waals surface area (Å²) in [5, 5.41) is 8.66. The van der Waals surface area contributed by atoms with Crippen molar-refractivity contribution in [3.05, 3.63) is 24.3 Å². The van der Waals surface area contributed by atoms with Crippen LogP contribution in [-0.2, 0) is 10.0 Å². The summed E-state index contributed by atoms with van der Waals surface area (Å²) < 4.78 is 31.2. The third-order valence-electron chi connectivity index (χ3n) is 2.91. The van der Waals surface area contributed by atoms with Crippen LogP contribution >= 0.6 is 0 Å². The van der Waals surface area contributed by atoms with Gasteiger partial charge in [-0.05, 0) is 36.6 Å². The molecule has 0 fully saturated rings. The van der Waals surface area contributed by atoms with Crippen molar-refractivity contribution in [2.45, 2.75) is 25.2 Å². The molecule has 0 aliphatic carbocycles. The summed E-state index contributed by atoms with van der Waals surface area (Å²) >= 11 is 0. The Morgan fingerprint density at radius 1 is 1.25 bits per heavy atom. The standard InChI is InChI=1S/C14H23NO4S/c1-12(2)8-9-15(3)20(17,18)14-6-4-13(5-7-14)19-11-10-16/h4-7,12,16H,8-11H2,1-3H3. The minimum absolute atomic E-state index is 0.0714. The van der Waals surface area contributed by atoms with Crippen LogP contribution in [0.5, 0.6) is 5.75 Å². The van der Waals surface area contributed by atoms with Crippen LogP contribution in [0.2, 0.25) is 0 Å². The van der Waals surface area contributed by atoms with Gasteiger partial charge in [-0.1, -0.05) is 13.8 Å². The van der Waals surface area contributed by atoms with E-state index >= 15 is 0 Å². The number of hydrogen-bond acceptors (Lipinski definition) is 4. The van der Waals surface area contributed by atoms with Crippen molar-refractivity contribution < 1.29 is 18.3 Å². The van der Waals surface area contributed by atoms with Crippen LogP contribution in [0, 0.1) is 5.92 Å². The van der Waals surface area contributed by atoms with Gasteiger partial charge in [-0.2, -0.15) is 0 Å². The lowest BCUT2D eigenvalue weighted by atomic mass is 10.1. The average molecular weight is 301 g/mol. The number of benzene rings is 1. The molecule has 114 valence electrons. The summed E-state index contributed by atoms with van der Waals surface area (Å²) in [6.07, 6.45) is 0.827. The normalized spacial score (nSPS) is 12.1. The molecule has 0 spiro atoms. The zero-order valence-corrected chi connectivity index (χ0v) is 13.1. The number of aliphatic hydroxyl groups is 1. The van der Waals surface area contributed by atoms with E-state index < -0.39 is 10.0 Å². The summed E-state index contributed by atoms with van der Waals surface area (Å²) in [4.78, 5) is 0.250. The Kier molecular flexibility index (Phi) is 6.45. The highest BCUT2D eigenvalue weighted by Gasteiger charge is 2.20. The topological polar surface area (TPSA) is 66.8 Å². The maximum absolute atomic E-state index is 12.3. The largest absolute Gasteiger partial charge is 0.491 e. The zero-order chi connectivity index (χ0) is 15.2. The average Bonchev–Trinajstić information content (AvgIpc) is 2.42. The number of sulfonamides is 1. The van der Waals surface area contributed by atoms with E-state index in [2.05, 4.69) is 13.8 Å². The maximum Gasteiger partial charge on any atom is 0.242 e. The van der Waals surface area contributed by atoms with Crippen molar-refractivity contribution in [3.8, 4) is 5.75 Å². The molecule has 1 aromatic rings. The molecule has 0 saturated carbocycles. The van der Waals surface area contributed by atoms with Gasteiger partial charge >= 0.3 is 0 Å². The Hall–Kier alpha value is -1.11. The van der Waals surface area contributed by atoms with Crippen LogP contribution < -0.4 is 4.74 Å². The lowest BCUT2D eigenvalue weighted by molar-refractivity contribution is 0.201. The molecule has 6 heteroatoms. The summed E-state index contributed by atoms with van der Waals surface area (Å²) in [5.74, 6) is 1.00. The highest BCUT2D eigenvalue weighted by atomic mass is 32.2. The van der Waals surface area contributed by atoms with Crippen molar-refractivity contribution in [1.82, 2.24) is 4.31 Å². The van der Waals surface area contributed by atoms with Gasteiger partial charge < -0.3 is 9.84 Å². The van der Waals surface area contributed by atoms with E-state index in [1.54, 1.807) is 19.2 Å². The maximum atomic E-state index is 12.3. The third kappa shape index (κ3) is 4.77. The quantitative estimate of drug-likeness (QED) is 0.794. The van der Waals surface area contributed by atoms with Gasteiger partial charge in [0, 0.05) is 13.6 Å². The molecule has 0 aromatic heterocycles. The van der Waals surface area contributed by atoms with Gasteiger partial charge in [0.2, 0.25) is 10.0 Å². The van der Waals surface area contributed by atoms with Crippen LogP contribution in [0.15, 0.2) is 29.2 Å². The molecule has 0 heterocycles. The molecule has 0 atom stereocenters. The Morgan fingerprint density at radius 2 is 1.85 bits per heavy atom. The first-order valence-corrected chi connectivity index (χ1v) is 8.12. The second kappa shape index (κ2) is 7.61. The molecular formula is C14H23NO4S. The first-order chi connectivity index (χ1) is 9.37. The van der Waals surface area contributed by atoms with Crippen LogP contribution in [0.1, 0.15) is 20.3 Å². The predicted molar refractivity (Wildman–Crippen MR) is 78.3 cm³/mol. The first-order valence-electron chi connectivity index (χ1n) is 6.68. The van der Waals surface area contributed by atoms with E-state index in [0.717, 1.165) is 6.42 Å². The van der Waals surface area contributed by atoms with Crippen molar-refractivity contribution in [2.24, 2.45) is 5.92 Å². The van der Waals surface area contributed by atoms with E-state index in [1.807, 2.05) is 0 Å². The molecule has 1 N–H and O–H groups in total. The van der Waals surface area contributed by atoms with Crippen molar-refractivity contribution in [3.63, 3.8) is 0 Å². The fraction of sp³-hybridized carbons (Fsp3) is 0.571. The second-order valence-corrected chi connectivity index (χ2v) is 7.10. The van der Waals surface area contributed by atoms with E-state index in [9.17, 15) is 8.42 Å². The molecule has 1 rings (SSSR count). The highest BCUT2D eigenvalue weighted by Crippen LogP contribution is 2.19. The molecule has 0 radical (unpaired) electrons. The van der Waals surface area contributed by atoms with Gasteiger partial charge in [-0.15, -0.1) is 0 Å². The van der Waals surface area contributed by atoms with Gasteiger partial charge in [0.1, 0.15) is 12.4 Å². The molecular weight excluding hydrogens is 278 g/mol. The highest BCUT2D eigenvalue weighted by molar-refractivity contribution is 7.89. The van der Waals surface area contributed by atoms with Gasteiger partial charge in [0.05, 0.1) is 11.5 Å². The lowest BCUT2D eigenvalue weighted by Gasteiger charge is -2.18. The lowest BCUT2D eigenvalue weighted by Crippen LogP contribution is -2.28. The van der Waals surface area contributed by atoms with Gasteiger partial charge in [-0.3, -0.25) is 0 Å². The predicted octanol–water partition coefficient (Wildman–Crippen LogP) is 1.72. The number of nitrogens with zero attached hydrogens (tertiary/aromatic N) is 1. The minimum atomic E-state index is -3.44. The van der Waals surface area contributed by atoms with Gasteiger partial charge in [-0.25, -0.2) is 12.7 Å². The van der Waals surface area contributed by atoms with E-state index in [0.29, 0.717) is 18.2 Å². The smallest absolute Gasteiger partial charge is 0.242 e. The number of rotatable bonds is 8. The monoisotopic (exact) mass is 301 g/mol. The fourth-order valence-electron chi connectivity index (χ4n) is 1.61. The van der Waals surface area contributed by atoms with Crippen LogP contribution in [-0.4, -0.2) is 44.6 Å². The molecule has 0 unspecified atom stereocenters. The Bertz CT molecular complexity index is 496. The minimum Gasteiger partial charge on any atom is -0.491 e. The SMILES string of the molecule is CC(C)CCN(C)S(=O)(=O)c1ccc(OCCO)cc1. The van der Waals surface area contributed by atoms with E-state index in [-0.39, 0.29) is 18.1 Å². The Balaban J connectivity index is 2.76. The zero-order valence-electron chi connectivity index (χ0n) is 12.2. The Morgan fingerprint density at radius 3 is 2.35 bits per heavy atom. The Labute approximate surface area is 121 Å². The van der Waals surface area contributed by atoms with Gasteiger partial charge in [0.15, 0.2) is 0 Å². The molecule has 20 heavy (non-hydrogen) atoms. The van der Waals surface area contributed by atoms with Crippen LogP contribution in [0.3, 0.4) is 0 Å². The number of ether oxygens (including phenoxy) is 1. The van der Waals surface area contributed by atoms with Crippen molar-refractivity contribution in [2.75, 3.05) is 26.8 Å².